The molecule has 3 rings (SSSR count). The maximum absolute atomic E-state index is 11.1. The van der Waals surface area contributed by atoms with Crippen LogP contribution in [0.5, 0.6) is 0 Å². The molecule has 22 heavy (non-hydrogen) atoms. The van der Waals surface area contributed by atoms with Crippen molar-refractivity contribution in [1.82, 2.24) is 25.0 Å². The van der Waals surface area contributed by atoms with Gasteiger partial charge in [0, 0.05) is 5.69 Å². The molecule has 3 aromatic rings. The molecule has 3 heterocycles. The Morgan fingerprint density at radius 3 is 3.05 bits per heavy atom. The second-order valence-electron chi connectivity index (χ2n) is 4.80. The van der Waals surface area contributed by atoms with Crippen molar-refractivity contribution >= 4 is 5.97 Å². The van der Waals surface area contributed by atoms with Crippen molar-refractivity contribution < 1.29 is 14.3 Å². The van der Waals surface area contributed by atoms with E-state index in [2.05, 4.69) is 27.2 Å². The Morgan fingerprint density at radius 2 is 2.36 bits per heavy atom. The summed E-state index contributed by atoms with van der Waals surface area (Å²) >= 11 is 0. The Balaban J connectivity index is 2.08. The van der Waals surface area contributed by atoms with E-state index in [0.717, 1.165) is 24.1 Å². The average molecular weight is 301 g/mol. The third-order valence-corrected chi connectivity index (χ3v) is 3.16. The predicted molar refractivity (Wildman–Crippen MR) is 76.9 cm³/mol. The highest BCUT2D eigenvalue weighted by atomic mass is 16.4. The number of furan rings is 1. The zero-order chi connectivity index (χ0) is 15.5. The third kappa shape index (κ3) is 2.62. The fraction of sp³-hybridized carbons (Fsp3) is 0.286. The number of hydrogen-bond donors (Lipinski definition) is 2. The molecule has 0 bridgehead atoms. The van der Waals surface area contributed by atoms with E-state index in [9.17, 15) is 4.79 Å². The summed E-state index contributed by atoms with van der Waals surface area (Å²) in [5.74, 6) is 0.319. The first-order chi connectivity index (χ1) is 10.7. The van der Waals surface area contributed by atoms with Gasteiger partial charge in [0.15, 0.2) is 11.6 Å². The minimum atomic E-state index is -0.988. The van der Waals surface area contributed by atoms with Gasteiger partial charge in [0.2, 0.25) is 5.82 Å². The number of carbonyl (C=O) groups is 1. The highest BCUT2D eigenvalue weighted by Gasteiger charge is 2.20. The van der Waals surface area contributed by atoms with Crippen LogP contribution in [-0.4, -0.2) is 36.0 Å². The monoisotopic (exact) mass is 301 g/mol. The molecule has 0 aliphatic heterocycles. The van der Waals surface area contributed by atoms with Gasteiger partial charge < -0.3 is 9.52 Å². The Morgan fingerprint density at radius 1 is 1.50 bits per heavy atom. The van der Waals surface area contributed by atoms with Gasteiger partial charge in [0.25, 0.3) is 0 Å². The Labute approximate surface area is 125 Å². The molecule has 114 valence electrons. The molecule has 0 atom stereocenters. The third-order valence-electron chi connectivity index (χ3n) is 3.16. The summed E-state index contributed by atoms with van der Waals surface area (Å²) in [4.78, 5) is 15.5. The summed E-state index contributed by atoms with van der Waals surface area (Å²) in [5, 5.41) is 20.3. The number of rotatable bonds is 6. The molecule has 0 radical (unpaired) electrons. The fourth-order valence-corrected chi connectivity index (χ4v) is 2.24. The van der Waals surface area contributed by atoms with Crippen LogP contribution in [-0.2, 0) is 17.8 Å². The van der Waals surface area contributed by atoms with Gasteiger partial charge in [-0.25, -0.2) is 9.67 Å². The molecule has 0 saturated carbocycles. The van der Waals surface area contributed by atoms with Crippen molar-refractivity contribution in [3.05, 3.63) is 30.3 Å². The lowest BCUT2D eigenvalue weighted by molar-refractivity contribution is -0.137. The van der Waals surface area contributed by atoms with E-state index in [4.69, 9.17) is 9.52 Å². The summed E-state index contributed by atoms with van der Waals surface area (Å²) in [6, 6.07) is 3.46. The van der Waals surface area contributed by atoms with E-state index in [1.165, 1.54) is 10.9 Å². The number of aromatic amines is 1. The fourth-order valence-electron chi connectivity index (χ4n) is 2.24. The van der Waals surface area contributed by atoms with E-state index in [-0.39, 0.29) is 6.54 Å². The Kier molecular flexibility index (Phi) is 3.73. The van der Waals surface area contributed by atoms with E-state index in [1.807, 2.05) is 0 Å². The smallest absolute Gasteiger partial charge is 0.325 e. The molecule has 0 aliphatic rings. The highest BCUT2D eigenvalue weighted by molar-refractivity contribution is 5.69. The lowest BCUT2D eigenvalue weighted by atomic mass is 10.1. The van der Waals surface area contributed by atoms with Crippen LogP contribution in [0.25, 0.3) is 23.0 Å². The molecule has 3 aromatic heterocycles. The van der Waals surface area contributed by atoms with Gasteiger partial charge in [-0.2, -0.15) is 5.10 Å². The molecule has 0 fully saturated rings. The van der Waals surface area contributed by atoms with Crippen LogP contribution >= 0.6 is 0 Å². The number of aromatic nitrogens is 5. The normalized spacial score (nSPS) is 11.0. The summed E-state index contributed by atoms with van der Waals surface area (Å²) in [7, 11) is 0. The first kappa shape index (κ1) is 14.1. The predicted octanol–water partition coefficient (Wildman–Crippen LogP) is 1.97. The molecule has 0 saturated heterocycles. The Bertz CT molecular complexity index is 772. The molecule has 0 amide bonds. The molecular weight excluding hydrogens is 286 g/mol. The lowest BCUT2D eigenvalue weighted by Crippen LogP contribution is -2.11. The second kappa shape index (κ2) is 5.84. The largest absolute Gasteiger partial charge is 0.480 e. The maximum atomic E-state index is 11.1. The zero-order valence-electron chi connectivity index (χ0n) is 12.0. The van der Waals surface area contributed by atoms with Gasteiger partial charge in [-0.1, -0.05) is 13.3 Å². The molecule has 0 aromatic carbocycles. The number of nitrogens with one attached hydrogen (secondary N) is 1. The van der Waals surface area contributed by atoms with Crippen molar-refractivity contribution in [2.45, 2.75) is 26.3 Å². The first-order valence-electron chi connectivity index (χ1n) is 6.92. The quantitative estimate of drug-likeness (QED) is 0.720. The summed E-state index contributed by atoms with van der Waals surface area (Å²) in [5.41, 5.74) is 1.67. The number of nitrogens with zero attached hydrogens (tertiary/aromatic N) is 4. The number of carboxylic acids is 1. The van der Waals surface area contributed by atoms with Gasteiger partial charge in [-0.3, -0.25) is 9.89 Å². The van der Waals surface area contributed by atoms with Crippen molar-refractivity contribution in [3.8, 4) is 23.0 Å². The second-order valence-corrected chi connectivity index (χ2v) is 4.80. The Hall–Kier alpha value is -2.90. The molecule has 8 nitrogen and oxygen atoms in total. The molecule has 2 N–H and O–H groups in total. The maximum Gasteiger partial charge on any atom is 0.325 e. The van der Waals surface area contributed by atoms with Crippen molar-refractivity contribution in [1.29, 1.82) is 0 Å². The van der Waals surface area contributed by atoms with E-state index in [0.29, 0.717) is 17.4 Å². The molecule has 0 unspecified atom stereocenters. The van der Waals surface area contributed by atoms with Gasteiger partial charge >= 0.3 is 5.97 Å². The topological polar surface area (TPSA) is 110 Å². The van der Waals surface area contributed by atoms with E-state index < -0.39 is 5.97 Å². The number of hydrogen-bond acceptors (Lipinski definition) is 5. The van der Waals surface area contributed by atoms with Crippen LogP contribution in [0.15, 0.2) is 29.0 Å². The van der Waals surface area contributed by atoms with Crippen LogP contribution in [0.4, 0.5) is 0 Å². The highest BCUT2D eigenvalue weighted by Crippen LogP contribution is 2.25. The zero-order valence-corrected chi connectivity index (χ0v) is 12.0. The molecule has 0 spiro atoms. The summed E-state index contributed by atoms with van der Waals surface area (Å²) in [6.07, 6.45) is 4.89. The minimum Gasteiger partial charge on any atom is -0.480 e. The van der Waals surface area contributed by atoms with E-state index >= 15 is 0 Å². The SMILES string of the molecule is CCCc1[nH]ncc1-c1nc(-c2ccco2)nn1CC(=O)O. The van der Waals surface area contributed by atoms with Gasteiger partial charge in [-0.15, -0.1) is 5.10 Å². The van der Waals surface area contributed by atoms with Gasteiger partial charge in [-0.05, 0) is 18.6 Å². The van der Waals surface area contributed by atoms with Crippen molar-refractivity contribution in [2.24, 2.45) is 0 Å². The number of aryl methyl sites for hydroxylation is 1. The van der Waals surface area contributed by atoms with Crippen LogP contribution in [0.2, 0.25) is 0 Å². The lowest BCUT2D eigenvalue weighted by Gasteiger charge is -2.03. The average Bonchev–Trinajstić information content (AvgIpc) is 3.17. The van der Waals surface area contributed by atoms with Crippen molar-refractivity contribution in [3.63, 3.8) is 0 Å². The van der Waals surface area contributed by atoms with Gasteiger partial charge in [0.05, 0.1) is 18.0 Å². The molecule has 8 heteroatoms. The van der Waals surface area contributed by atoms with E-state index in [1.54, 1.807) is 18.3 Å². The first-order valence-corrected chi connectivity index (χ1v) is 6.92. The standard InChI is InChI=1S/C14H15N5O3/c1-2-4-10-9(7-15-17-10)14-16-13(11-5-3-6-22-11)18-19(14)8-12(20)21/h3,5-7H,2,4,8H2,1H3,(H,15,17)(H,20,21). The van der Waals surface area contributed by atoms with Gasteiger partial charge in [0.1, 0.15) is 6.54 Å². The molecular formula is C14H15N5O3. The number of aliphatic carboxylic acids is 1. The summed E-state index contributed by atoms with van der Waals surface area (Å²) < 4.78 is 6.63. The van der Waals surface area contributed by atoms with Crippen molar-refractivity contribution in [2.75, 3.05) is 0 Å². The minimum absolute atomic E-state index is 0.278. The van der Waals surface area contributed by atoms with Crippen LogP contribution < -0.4 is 0 Å². The van der Waals surface area contributed by atoms with Crippen LogP contribution in [0, 0.1) is 0 Å². The summed E-state index contributed by atoms with van der Waals surface area (Å²) in [6.45, 7) is 1.78. The van der Waals surface area contributed by atoms with Crippen LogP contribution in [0.1, 0.15) is 19.0 Å². The number of carboxylic acid groups (broad SMARTS) is 1. The van der Waals surface area contributed by atoms with Crippen LogP contribution in [0.3, 0.4) is 0 Å². The molecule has 0 aliphatic carbocycles. The number of H-pyrrole nitrogens is 1.